The van der Waals surface area contributed by atoms with E-state index in [0.717, 1.165) is 17.6 Å². The SMILES string of the molecule is C=C(C)C[C@H](N)c1ccncc1Cl.Cl. The van der Waals surface area contributed by atoms with Crippen LogP contribution in [0.2, 0.25) is 5.02 Å². The minimum atomic E-state index is -0.0759. The number of nitrogens with zero attached hydrogens (tertiary/aromatic N) is 1. The van der Waals surface area contributed by atoms with E-state index in [4.69, 9.17) is 17.3 Å². The zero-order valence-electron chi connectivity index (χ0n) is 8.03. The van der Waals surface area contributed by atoms with Crippen molar-refractivity contribution in [3.8, 4) is 0 Å². The molecule has 2 N–H and O–H groups in total. The third-order valence-electron chi connectivity index (χ3n) is 1.77. The molecule has 0 amide bonds. The fourth-order valence-corrected chi connectivity index (χ4v) is 1.43. The maximum Gasteiger partial charge on any atom is 0.0637 e. The number of hydrogen-bond acceptors (Lipinski definition) is 2. The number of nitrogens with two attached hydrogens (primary N) is 1. The van der Waals surface area contributed by atoms with Crippen LogP contribution < -0.4 is 5.73 Å². The van der Waals surface area contributed by atoms with Crippen LogP contribution in [0.15, 0.2) is 30.6 Å². The summed E-state index contributed by atoms with van der Waals surface area (Å²) in [6, 6.07) is 1.77. The Bertz CT molecular complexity index is 313. The first kappa shape index (κ1) is 13.4. The largest absolute Gasteiger partial charge is 0.324 e. The van der Waals surface area contributed by atoms with Crippen LogP contribution in [0.25, 0.3) is 0 Å². The van der Waals surface area contributed by atoms with E-state index in [1.807, 2.05) is 13.0 Å². The van der Waals surface area contributed by atoms with Crippen molar-refractivity contribution in [1.82, 2.24) is 4.98 Å². The molecule has 0 aliphatic heterocycles. The molecule has 14 heavy (non-hydrogen) atoms. The summed E-state index contributed by atoms with van der Waals surface area (Å²) in [4.78, 5) is 3.90. The molecule has 4 heteroatoms. The molecular formula is C10H14Cl2N2. The lowest BCUT2D eigenvalue weighted by atomic mass is 10.0. The molecular weight excluding hydrogens is 219 g/mol. The fraction of sp³-hybridized carbons (Fsp3) is 0.300. The average Bonchev–Trinajstić information content (AvgIpc) is 2.03. The van der Waals surface area contributed by atoms with E-state index in [-0.39, 0.29) is 18.4 Å². The molecule has 1 heterocycles. The van der Waals surface area contributed by atoms with Gasteiger partial charge in [0.25, 0.3) is 0 Å². The van der Waals surface area contributed by atoms with Crippen molar-refractivity contribution < 1.29 is 0 Å². The van der Waals surface area contributed by atoms with Crippen LogP contribution in [0.3, 0.4) is 0 Å². The van der Waals surface area contributed by atoms with Crippen molar-refractivity contribution in [2.75, 3.05) is 0 Å². The van der Waals surface area contributed by atoms with Gasteiger partial charge in [0.05, 0.1) is 5.02 Å². The van der Waals surface area contributed by atoms with E-state index in [1.165, 1.54) is 0 Å². The third-order valence-corrected chi connectivity index (χ3v) is 2.09. The van der Waals surface area contributed by atoms with Gasteiger partial charge in [0.15, 0.2) is 0 Å². The third kappa shape index (κ3) is 3.66. The minimum Gasteiger partial charge on any atom is -0.324 e. The highest BCUT2D eigenvalue weighted by molar-refractivity contribution is 6.31. The molecule has 0 unspecified atom stereocenters. The Balaban J connectivity index is 0.00000169. The highest BCUT2D eigenvalue weighted by atomic mass is 35.5. The molecule has 2 nitrogen and oxygen atoms in total. The van der Waals surface area contributed by atoms with Gasteiger partial charge in [0.1, 0.15) is 0 Å². The Kier molecular flexibility index (Phi) is 5.77. The van der Waals surface area contributed by atoms with Gasteiger partial charge < -0.3 is 5.73 Å². The molecule has 1 aromatic rings. The molecule has 0 spiro atoms. The Hall–Kier alpha value is -0.570. The second kappa shape index (κ2) is 6.02. The van der Waals surface area contributed by atoms with Gasteiger partial charge in [0.2, 0.25) is 0 Å². The number of halogens is 2. The maximum absolute atomic E-state index is 5.93. The molecule has 0 saturated carbocycles. The Labute approximate surface area is 95.6 Å². The first-order valence-corrected chi connectivity index (χ1v) is 4.48. The zero-order chi connectivity index (χ0) is 9.84. The molecule has 1 atom stereocenters. The van der Waals surface area contributed by atoms with Crippen LogP contribution in [-0.2, 0) is 0 Å². The summed E-state index contributed by atoms with van der Waals surface area (Å²) < 4.78 is 0. The summed E-state index contributed by atoms with van der Waals surface area (Å²) in [5.74, 6) is 0. The molecule has 78 valence electrons. The minimum absolute atomic E-state index is 0. The molecule has 1 rings (SSSR count). The predicted octanol–water partition coefficient (Wildman–Crippen LogP) is 3.12. The van der Waals surface area contributed by atoms with Gasteiger partial charge in [-0.1, -0.05) is 17.2 Å². The first-order valence-electron chi connectivity index (χ1n) is 4.10. The van der Waals surface area contributed by atoms with Crippen LogP contribution in [0.1, 0.15) is 24.9 Å². The van der Waals surface area contributed by atoms with Crippen LogP contribution in [0.5, 0.6) is 0 Å². The number of rotatable bonds is 3. The maximum atomic E-state index is 5.93. The normalized spacial score (nSPS) is 11.6. The van der Waals surface area contributed by atoms with Gasteiger partial charge >= 0.3 is 0 Å². The molecule has 0 radical (unpaired) electrons. The summed E-state index contributed by atoms with van der Waals surface area (Å²) in [5, 5.41) is 0.622. The van der Waals surface area contributed by atoms with E-state index in [2.05, 4.69) is 11.6 Å². The Morgan fingerprint density at radius 1 is 1.71 bits per heavy atom. The van der Waals surface area contributed by atoms with Crippen molar-refractivity contribution >= 4 is 24.0 Å². The van der Waals surface area contributed by atoms with Crippen LogP contribution in [0.4, 0.5) is 0 Å². The number of pyridine rings is 1. The van der Waals surface area contributed by atoms with E-state index in [9.17, 15) is 0 Å². The van der Waals surface area contributed by atoms with Gasteiger partial charge in [-0.3, -0.25) is 4.98 Å². The summed E-state index contributed by atoms with van der Waals surface area (Å²) in [5.41, 5.74) is 7.91. The predicted molar refractivity (Wildman–Crippen MR) is 62.9 cm³/mol. The van der Waals surface area contributed by atoms with Gasteiger partial charge in [0, 0.05) is 18.4 Å². The molecule has 0 aliphatic carbocycles. The van der Waals surface area contributed by atoms with Crippen molar-refractivity contribution in [2.45, 2.75) is 19.4 Å². The van der Waals surface area contributed by atoms with Gasteiger partial charge in [-0.05, 0) is 25.0 Å². The molecule has 1 aromatic heterocycles. The van der Waals surface area contributed by atoms with Gasteiger partial charge in [-0.15, -0.1) is 19.0 Å². The van der Waals surface area contributed by atoms with Crippen molar-refractivity contribution in [3.05, 3.63) is 41.2 Å². The Morgan fingerprint density at radius 3 is 2.86 bits per heavy atom. The van der Waals surface area contributed by atoms with Crippen LogP contribution in [-0.4, -0.2) is 4.98 Å². The highest BCUT2D eigenvalue weighted by Gasteiger charge is 2.09. The Morgan fingerprint density at radius 2 is 2.36 bits per heavy atom. The smallest absolute Gasteiger partial charge is 0.0637 e. The van der Waals surface area contributed by atoms with E-state index >= 15 is 0 Å². The molecule has 0 fully saturated rings. The lowest BCUT2D eigenvalue weighted by molar-refractivity contribution is 0.716. The van der Waals surface area contributed by atoms with Gasteiger partial charge in [-0.25, -0.2) is 0 Å². The van der Waals surface area contributed by atoms with Gasteiger partial charge in [-0.2, -0.15) is 0 Å². The standard InChI is InChI=1S/C10H13ClN2.ClH/c1-7(2)5-10(12)8-3-4-13-6-9(8)11;/h3-4,6,10H,1,5,12H2,2H3;1H/t10-;/m0./s1. The molecule has 0 aromatic carbocycles. The molecule has 0 bridgehead atoms. The topological polar surface area (TPSA) is 38.9 Å². The zero-order valence-corrected chi connectivity index (χ0v) is 9.61. The van der Waals surface area contributed by atoms with Crippen molar-refractivity contribution in [1.29, 1.82) is 0 Å². The first-order chi connectivity index (χ1) is 6.11. The quantitative estimate of drug-likeness (QED) is 0.814. The molecule has 0 saturated heterocycles. The highest BCUT2D eigenvalue weighted by Crippen LogP contribution is 2.23. The summed E-state index contributed by atoms with van der Waals surface area (Å²) in [6.45, 7) is 5.76. The van der Waals surface area contributed by atoms with E-state index < -0.39 is 0 Å². The van der Waals surface area contributed by atoms with E-state index in [0.29, 0.717) is 5.02 Å². The summed E-state index contributed by atoms with van der Waals surface area (Å²) in [7, 11) is 0. The van der Waals surface area contributed by atoms with Crippen LogP contribution >= 0.6 is 24.0 Å². The fourth-order valence-electron chi connectivity index (χ4n) is 1.17. The lowest BCUT2D eigenvalue weighted by Gasteiger charge is -2.12. The monoisotopic (exact) mass is 232 g/mol. The number of aromatic nitrogens is 1. The van der Waals surface area contributed by atoms with Crippen LogP contribution in [0, 0.1) is 0 Å². The van der Waals surface area contributed by atoms with Crippen molar-refractivity contribution in [2.24, 2.45) is 5.73 Å². The summed E-state index contributed by atoms with van der Waals surface area (Å²) in [6.07, 6.45) is 4.05. The van der Waals surface area contributed by atoms with Crippen molar-refractivity contribution in [3.63, 3.8) is 0 Å². The molecule has 0 aliphatic rings. The lowest BCUT2D eigenvalue weighted by Crippen LogP contribution is -2.11. The summed E-state index contributed by atoms with van der Waals surface area (Å²) >= 11 is 5.93. The average molecular weight is 233 g/mol. The second-order valence-electron chi connectivity index (χ2n) is 3.16. The number of hydrogen-bond donors (Lipinski definition) is 1. The van der Waals surface area contributed by atoms with E-state index in [1.54, 1.807) is 12.4 Å². The second-order valence-corrected chi connectivity index (χ2v) is 3.57.